The molecule has 0 N–H and O–H groups in total. The zero-order chi connectivity index (χ0) is 20.6. The van der Waals surface area contributed by atoms with Gasteiger partial charge in [-0.15, -0.1) is 0 Å². The summed E-state index contributed by atoms with van der Waals surface area (Å²) in [5, 5.41) is 0. The van der Waals surface area contributed by atoms with Gasteiger partial charge >= 0.3 is 6.18 Å². The molecule has 0 unspecified atom stereocenters. The van der Waals surface area contributed by atoms with Crippen LogP contribution in [0.25, 0.3) is 0 Å². The highest BCUT2D eigenvalue weighted by Gasteiger charge is 2.39. The minimum Gasteiger partial charge on any atom is -0.350 e. The molecule has 0 amide bonds. The van der Waals surface area contributed by atoms with E-state index in [0.717, 1.165) is 37.6 Å². The number of hydrogen-bond donors (Lipinski definition) is 0. The molecule has 2 aromatic rings. The number of halogens is 5. The summed E-state index contributed by atoms with van der Waals surface area (Å²) in [6.07, 6.45) is 1.61. The Kier molecular flexibility index (Phi) is 5.37. The second-order valence-electron chi connectivity index (χ2n) is 7.49. The molecule has 1 aliphatic heterocycles. The van der Waals surface area contributed by atoms with Crippen LogP contribution < -0.4 is 4.90 Å². The highest BCUT2D eigenvalue weighted by atomic mass is 19.4. The number of likely N-dealkylation sites (tertiary alicyclic amines) is 1. The molecule has 5 nitrogen and oxygen atoms in total. The van der Waals surface area contributed by atoms with Gasteiger partial charge in [0, 0.05) is 43.3 Å². The van der Waals surface area contributed by atoms with E-state index in [-0.39, 0.29) is 24.2 Å². The monoisotopic (exact) mass is 413 g/mol. The molecular weight excluding hydrogens is 393 g/mol. The number of rotatable bonds is 5. The van der Waals surface area contributed by atoms with E-state index in [1.54, 1.807) is 0 Å². The highest BCUT2D eigenvalue weighted by Crippen LogP contribution is 2.37. The van der Waals surface area contributed by atoms with Crippen LogP contribution in [0.15, 0.2) is 24.8 Å². The van der Waals surface area contributed by atoms with Crippen LogP contribution in [0, 0.1) is 11.6 Å². The first kappa shape index (κ1) is 19.9. The Morgan fingerprint density at radius 2 is 1.59 bits per heavy atom. The molecule has 0 bridgehead atoms. The van der Waals surface area contributed by atoms with Gasteiger partial charge in [0.05, 0.1) is 12.4 Å². The second kappa shape index (κ2) is 7.81. The van der Waals surface area contributed by atoms with Gasteiger partial charge in [-0.2, -0.15) is 13.2 Å². The van der Waals surface area contributed by atoms with Crippen LogP contribution >= 0.6 is 0 Å². The minimum absolute atomic E-state index is 0.0110. The number of pyridine rings is 1. The van der Waals surface area contributed by atoms with Crippen molar-refractivity contribution in [2.45, 2.75) is 50.5 Å². The van der Waals surface area contributed by atoms with Gasteiger partial charge in [0.25, 0.3) is 0 Å². The second-order valence-corrected chi connectivity index (χ2v) is 7.49. The smallest absolute Gasteiger partial charge is 0.350 e. The molecule has 1 saturated carbocycles. The Hall–Kier alpha value is -2.36. The van der Waals surface area contributed by atoms with Crippen molar-refractivity contribution < 1.29 is 22.0 Å². The predicted octanol–water partition coefficient (Wildman–Crippen LogP) is 3.80. The Labute approximate surface area is 164 Å². The molecule has 0 aromatic carbocycles. The summed E-state index contributed by atoms with van der Waals surface area (Å²) in [5.41, 5.74) is -0.961. The molecule has 2 fully saturated rings. The van der Waals surface area contributed by atoms with Crippen LogP contribution in [0.1, 0.15) is 36.9 Å². The molecule has 0 spiro atoms. The highest BCUT2D eigenvalue weighted by molar-refractivity contribution is 5.44. The third-order valence-corrected chi connectivity index (χ3v) is 5.43. The van der Waals surface area contributed by atoms with Crippen LogP contribution in [0.4, 0.5) is 27.8 Å². The number of piperidine rings is 1. The molecule has 156 valence electrons. The van der Waals surface area contributed by atoms with Gasteiger partial charge in [0.15, 0.2) is 0 Å². The van der Waals surface area contributed by atoms with Gasteiger partial charge in [0.2, 0.25) is 0 Å². The average Bonchev–Trinajstić information content (AvgIpc) is 3.51. The van der Waals surface area contributed by atoms with Crippen molar-refractivity contribution in [1.29, 1.82) is 0 Å². The molecule has 10 heteroatoms. The summed E-state index contributed by atoms with van der Waals surface area (Å²) in [5.74, 6) is -1.06. The lowest BCUT2D eigenvalue weighted by atomic mass is 10.0. The van der Waals surface area contributed by atoms with Crippen molar-refractivity contribution in [2.75, 3.05) is 18.0 Å². The lowest BCUT2D eigenvalue weighted by Crippen LogP contribution is -2.46. The normalized spacial score (nSPS) is 18.8. The first-order valence-electron chi connectivity index (χ1n) is 9.50. The Morgan fingerprint density at radius 3 is 2.17 bits per heavy atom. The number of anilines is 1. The maximum Gasteiger partial charge on any atom is 0.433 e. The van der Waals surface area contributed by atoms with Gasteiger partial charge in [-0.25, -0.2) is 18.7 Å². The zero-order valence-electron chi connectivity index (χ0n) is 15.5. The summed E-state index contributed by atoms with van der Waals surface area (Å²) < 4.78 is 66.8. The number of aromatic nitrogens is 3. The van der Waals surface area contributed by atoms with Crippen molar-refractivity contribution in [2.24, 2.45) is 0 Å². The van der Waals surface area contributed by atoms with E-state index in [2.05, 4.69) is 15.0 Å². The fraction of sp³-hybridized carbons (Fsp3) is 0.526. The molecule has 1 saturated heterocycles. The first-order chi connectivity index (χ1) is 13.8. The molecule has 0 atom stereocenters. The van der Waals surface area contributed by atoms with Crippen LogP contribution in [0.5, 0.6) is 0 Å². The zero-order valence-corrected chi connectivity index (χ0v) is 15.5. The number of nitrogens with zero attached hydrogens (tertiary/aromatic N) is 5. The third-order valence-electron chi connectivity index (χ3n) is 5.43. The maximum atomic E-state index is 13.8. The Bertz CT molecular complexity index is 842. The number of hydrogen-bond acceptors (Lipinski definition) is 5. The molecule has 2 aromatic heterocycles. The van der Waals surface area contributed by atoms with E-state index in [4.69, 9.17) is 0 Å². The minimum atomic E-state index is -4.52. The molecule has 4 rings (SSSR count). The molecule has 0 radical (unpaired) electrons. The van der Waals surface area contributed by atoms with E-state index >= 15 is 0 Å². The van der Waals surface area contributed by atoms with Gasteiger partial charge in [0.1, 0.15) is 29.5 Å². The third kappa shape index (κ3) is 4.47. The predicted molar refractivity (Wildman–Crippen MR) is 95.0 cm³/mol. The van der Waals surface area contributed by atoms with E-state index in [0.29, 0.717) is 31.7 Å². The largest absolute Gasteiger partial charge is 0.433 e. The lowest BCUT2D eigenvalue weighted by molar-refractivity contribution is -0.141. The summed E-state index contributed by atoms with van der Waals surface area (Å²) in [6, 6.07) is 1.21. The first-order valence-corrected chi connectivity index (χ1v) is 9.50. The van der Waals surface area contributed by atoms with Crippen molar-refractivity contribution in [3.8, 4) is 0 Å². The topological polar surface area (TPSA) is 45.2 Å². The molecular formula is C19H20F5N5. The van der Waals surface area contributed by atoms with Crippen LogP contribution in [-0.2, 0) is 12.7 Å². The van der Waals surface area contributed by atoms with Crippen molar-refractivity contribution in [3.63, 3.8) is 0 Å². The average molecular weight is 413 g/mol. The van der Waals surface area contributed by atoms with E-state index < -0.39 is 23.5 Å². The van der Waals surface area contributed by atoms with Crippen molar-refractivity contribution >= 4 is 5.82 Å². The van der Waals surface area contributed by atoms with E-state index in [9.17, 15) is 22.0 Å². The van der Waals surface area contributed by atoms with Crippen molar-refractivity contribution in [1.82, 2.24) is 19.9 Å². The van der Waals surface area contributed by atoms with Gasteiger partial charge < -0.3 is 4.90 Å². The van der Waals surface area contributed by atoms with Crippen LogP contribution in [0.2, 0.25) is 0 Å². The SMILES string of the molecule is Fc1cncc(F)c1CN1CCC(N(c2cc(C(F)(F)F)ncn2)C2CC2)CC1. The fourth-order valence-electron chi connectivity index (χ4n) is 3.84. The van der Waals surface area contributed by atoms with Crippen LogP contribution in [-0.4, -0.2) is 45.0 Å². The summed E-state index contributed by atoms with van der Waals surface area (Å²) in [7, 11) is 0. The molecule has 1 aliphatic carbocycles. The summed E-state index contributed by atoms with van der Waals surface area (Å²) in [4.78, 5) is 14.9. The quantitative estimate of drug-likeness (QED) is 0.698. The van der Waals surface area contributed by atoms with Crippen molar-refractivity contribution in [3.05, 3.63) is 47.7 Å². The summed E-state index contributed by atoms with van der Waals surface area (Å²) in [6.45, 7) is 1.32. The van der Waals surface area contributed by atoms with Gasteiger partial charge in [-0.3, -0.25) is 9.88 Å². The lowest BCUT2D eigenvalue weighted by Gasteiger charge is -2.39. The standard InChI is InChI=1S/C19H20F5N5/c20-15-8-25-9-16(21)14(15)10-28-5-3-13(4-6-28)29(12-1-2-12)18-7-17(19(22,23)24)26-11-27-18/h7-9,11-13H,1-6,10H2. The number of alkyl halides is 3. The van der Waals surface area contributed by atoms with Gasteiger partial charge in [-0.05, 0) is 25.7 Å². The summed E-state index contributed by atoms with van der Waals surface area (Å²) >= 11 is 0. The Morgan fingerprint density at radius 1 is 0.966 bits per heavy atom. The molecule has 2 aliphatic rings. The Balaban J connectivity index is 1.45. The molecule has 3 heterocycles. The van der Waals surface area contributed by atoms with Gasteiger partial charge in [-0.1, -0.05) is 0 Å². The van der Waals surface area contributed by atoms with E-state index in [1.165, 1.54) is 0 Å². The maximum absolute atomic E-state index is 13.8. The van der Waals surface area contributed by atoms with Crippen LogP contribution in [0.3, 0.4) is 0 Å². The fourth-order valence-corrected chi connectivity index (χ4v) is 3.84. The molecule has 29 heavy (non-hydrogen) atoms. The van der Waals surface area contributed by atoms with E-state index in [1.807, 2.05) is 9.80 Å².